The van der Waals surface area contributed by atoms with Crippen LogP contribution in [0.5, 0.6) is 5.75 Å². The topological polar surface area (TPSA) is 97.2 Å². The molecule has 1 aromatic heterocycles. The number of hydrogen-bond donors (Lipinski definition) is 1. The summed E-state index contributed by atoms with van der Waals surface area (Å²) in [6.07, 6.45) is 3.21. The Balaban J connectivity index is 1.77. The Bertz CT molecular complexity index is 1230. The van der Waals surface area contributed by atoms with Crippen LogP contribution in [0.4, 0.5) is 8.78 Å². The molecule has 0 unspecified atom stereocenters. The molecule has 2 heterocycles. The number of amides is 1. The lowest BCUT2D eigenvalue weighted by molar-refractivity contribution is -0.133. The summed E-state index contributed by atoms with van der Waals surface area (Å²) in [5.74, 6) is -1.32. The average Bonchev–Trinajstić information content (AvgIpc) is 3.22. The van der Waals surface area contributed by atoms with E-state index in [9.17, 15) is 13.6 Å². The molecule has 1 atom stereocenters. The molecular formula is C24H23F2N5O2. The third-order valence-corrected chi connectivity index (χ3v) is 5.76. The smallest absolute Gasteiger partial charge is 0.244 e. The lowest BCUT2D eigenvalue weighted by Gasteiger charge is -2.31. The summed E-state index contributed by atoms with van der Waals surface area (Å²) in [7, 11) is 1.37. The number of nitrogens with two attached hydrogens (primary N) is 1. The van der Waals surface area contributed by atoms with E-state index >= 15 is 0 Å². The molecule has 2 N–H and O–H groups in total. The number of halogens is 2. The largest absolute Gasteiger partial charge is 0.494 e. The van der Waals surface area contributed by atoms with Crippen molar-refractivity contribution in [3.63, 3.8) is 0 Å². The van der Waals surface area contributed by atoms with E-state index in [1.807, 2.05) is 0 Å². The van der Waals surface area contributed by atoms with Crippen LogP contribution >= 0.6 is 0 Å². The van der Waals surface area contributed by atoms with Crippen LogP contribution in [0.3, 0.4) is 0 Å². The van der Waals surface area contributed by atoms with Crippen molar-refractivity contribution in [3.05, 3.63) is 59.8 Å². The molecular weight excluding hydrogens is 428 g/mol. The Kier molecular flexibility index (Phi) is 6.38. The Morgan fingerprint density at radius 2 is 2.00 bits per heavy atom. The van der Waals surface area contributed by atoms with Crippen molar-refractivity contribution in [1.82, 2.24) is 14.7 Å². The summed E-state index contributed by atoms with van der Waals surface area (Å²) in [6, 6.07) is 10.4. The van der Waals surface area contributed by atoms with Crippen molar-refractivity contribution in [3.8, 4) is 34.2 Å². The summed E-state index contributed by atoms with van der Waals surface area (Å²) in [5, 5.41) is 13.4. The number of methoxy groups -OCH3 is 1. The fraction of sp³-hybridized carbons (Fsp3) is 0.292. The molecule has 1 saturated heterocycles. The number of nitriles is 1. The zero-order valence-electron chi connectivity index (χ0n) is 18.1. The minimum atomic E-state index is -0.673. The van der Waals surface area contributed by atoms with E-state index in [0.717, 1.165) is 12.8 Å². The number of rotatable bonds is 5. The van der Waals surface area contributed by atoms with E-state index in [1.54, 1.807) is 23.1 Å². The first-order valence-corrected chi connectivity index (χ1v) is 10.5. The minimum absolute atomic E-state index is 0.0624. The highest BCUT2D eigenvalue weighted by Crippen LogP contribution is 2.35. The van der Waals surface area contributed by atoms with Crippen LogP contribution in [-0.4, -0.2) is 46.8 Å². The molecule has 1 fully saturated rings. The number of ether oxygens (including phenoxy) is 1. The van der Waals surface area contributed by atoms with Crippen molar-refractivity contribution in [2.24, 2.45) is 5.73 Å². The first-order chi connectivity index (χ1) is 15.9. The van der Waals surface area contributed by atoms with Crippen molar-refractivity contribution in [2.75, 3.05) is 20.2 Å². The molecule has 3 aromatic rings. The number of hydrogen-bond acceptors (Lipinski definition) is 5. The molecule has 7 nitrogen and oxygen atoms in total. The first kappa shape index (κ1) is 22.4. The van der Waals surface area contributed by atoms with Crippen molar-refractivity contribution in [2.45, 2.75) is 25.4 Å². The maximum absolute atomic E-state index is 14.5. The van der Waals surface area contributed by atoms with Gasteiger partial charge >= 0.3 is 0 Å². The van der Waals surface area contributed by atoms with Crippen LogP contribution in [0.2, 0.25) is 0 Å². The lowest BCUT2D eigenvalue weighted by Crippen LogP contribution is -2.46. The maximum Gasteiger partial charge on any atom is 0.244 e. The van der Waals surface area contributed by atoms with E-state index in [1.165, 1.54) is 42.3 Å². The quantitative estimate of drug-likeness (QED) is 0.642. The molecule has 0 saturated carbocycles. The zero-order valence-corrected chi connectivity index (χ0v) is 18.1. The molecule has 1 amide bonds. The molecule has 0 aliphatic carbocycles. The van der Waals surface area contributed by atoms with Crippen LogP contribution in [0.15, 0.2) is 42.6 Å². The summed E-state index contributed by atoms with van der Waals surface area (Å²) in [6.45, 7) is 1.02. The van der Waals surface area contributed by atoms with Crippen LogP contribution in [-0.2, 0) is 11.3 Å². The van der Waals surface area contributed by atoms with Gasteiger partial charge in [-0.05, 0) is 48.7 Å². The van der Waals surface area contributed by atoms with E-state index < -0.39 is 11.6 Å². The molecule has 4 rings (SSSR count). The highest BCUT2D eigenvalue weighted by Gasteiger charge is 2.24. The third-order valence-electron chi connectivity index (χ3n) is 5.76. The first-order valence-electron chi connectivity index (χ1n) is 10.5. The fourth-order valence-electron chi connectivity index (χ4n) is 4.07. The molecule has 0 spiro atoms. The average molecular weight is 451 g/mol. The second-order valence-electron chi connectivity index (χ2n) is 7.96. The standard InChI is InChI=1S/C24H23F2N5O2/c1-33-22-7-6-16(10-21(22)26)24-19(15-4-5-17(11-27)20(25)9-15)12-29-31(24)14-23(32)30-8-2-3-18(28)13-30/h4-7,9-10,12,18H,2-3,8,13-14,28H2,1H3/t18-/m1/s1. The van der Waals surface area contributed by atoms with Crippen LogP contribution in [0, 0.1) is 23.0 Å². The van der Waals surface area contributed by atoms with Gasteiger partial charge in [0.15, 0.2) is 11.6 Å². The molecule has 0 radical (unpaired) electrons. The van der Waals surface area contributed by atoms with Crippen molar-refractivity contribution in [1.29, 1.82) is 5.26 Å². The van der Waals surface area contributed by atoms with Gasteiger partial charge in [-0.25, -0.2) is 8.78 Å². The predicted octanol–water partition coefficient (Wildman–Crippen LogP) is 3.33. The van der Waals surface area contributed by atoms with Gasteiger partial charge in [-0.3, -0.25) is 9.48 Å². The van der Waals surface area contributed by atoms with Crippen LogP contribution in [0.1, 0.15) is 18.4 Å². The molecule has 170 valence electrons. The highest BCUT2D eigenvalue weighted by molar-refractivity contribution is 5.83. The Morgan fingerprint density at radius 3 is 2.67 bits per heavy atom. The second-order valence-corrected chi connectivity index (χ2v) is 7.96. The third kappa shape index (κ3) is 4.56. The Morgan fingerprint density at radius 1 is 1.24 bits per heavy atom. The number of carbonyl (C=O) groups excluding carboxylic acids is 1. The van der Waals surface area contributed by atoms with Crippen LogP contribution in [0.25, 0.3) is 22.4 Å². The number of likely N-dealkylation sites (tertiary alicyclic amines) is 1. The summed E-state index contributed by atoms with van der Waals surface area (Å²) < 4.78 is 35.3. The van der Waals surface area contributed by atoms with Gasteiger partial charge in [0.05, 0.1) is 24.6 Å². The lowest BCUT2D eigenvalue weighted by atomic mass is 10.00. The van der Waals surface area contributed by atoms with Gasteiger partial charge in [0.1, 0.15) is 18.4 Å². The van der Waals surface area contributed by atoms with E-state index in [2.05, 4.69) is 5.10 Å². The summed E-state index contributed by atoms with van der Waals surface area (Å²) in [4.78, 5) is 14.7. The van der Waals surface area contributed by atoms with Crippen molar-refractivity contribution < 1.29 is 18.3 Å². The predicted molar refractivity (Wildman–Crippen MR) is 118 cm³/mol. The molecule has 9 heteroatoms. The van der Waals surface area contributed by atoms with E-state index in [4.69, 9.17) is 15.7 Å². The molecule has 2 aromatic carbocycles. The Labute approximate surface area is 190 Å². The maximum atomic E-state index is 14.5. The Hall–Kier alpha value is -3.77. The monoisotopic (exact) mass is 451 g/mol. The molecule has 1 aliphatic rings. The van der Waals surface area contributed by atoms with E-state index in [-0.39, 0.29) is 29.8 Å². The number of aromatic nitrogens is 2. The number of benzene rings is 2. The van der Waals surface area contributed by atoms with Gasteiger partial charge in [0, 0.05) is 30.3 Å². The molecule has 0 bridgehead atoms. The number of nitrogens with zero attached hydrogens (tertiary/aromatic N) is 4. The van der Waals surface area contributed by atoms with Gasteiger partial charge in [0.25, 0.3) is 0 Å². The minimum Gasteiger partial charge on any atom is -0.494 e. The summed E-state index contributed by atoms with van der Waals surface area (Å²) in [5.41, 5.74) is 7.79. The highest BCUT2D eigenvalue weighted by atomic mass is 19.1. The summed E-state index contributed by atoms with van der Waals surface area (Å²) >= 11 is 0. The van der Waals surface area contributed by atoms with E-state index in [0.29, 0.717) is 35.5 Å². The van der Waals surface area contributed by atoms with Crippen LogP contribution < -0.4 is 10.5 Å². The second kappa shape index (κ2) is 9.38. The van der Waals surface area contributed by atoms with Gasteiger partial charge < -0.3 is 15.4 Å². The zero-order chi connectivity index (χ0) is 23.5. The van der Waals surface area contributed by atoms with Gasteiger partial charge in [0.2, 0.25) is 5.91 Å². The fourth-order valence-corrected chi connectivity index (χ4v) is 4.07. The number of piperidine rings is 1. The number of carbonyl (C=O) groups is 1. The normalized spacial score (nSPS) is 15.8. The molecule has 1 aliphatic heterocycles. The van der Waals surface area contributed by atoms with Gasteiger partial charge in [-0.15, -0.1) is 0 Å². The van der Waals surface area contributed by atoms with Gasteiger partial charge in [-0.1, -0.05) is 6.07 Å². The SMILES string of the molecule is COc1ccc(-c2c(-c3ccc(C#N)c(F)c3)cnn2CC(=O)N2CCC[C@@H](N)C2)cc1F. The van der Waals surface area contributed by atoms with Gasteiger partial charge in [-0.2, -0.15) is 10.4 Å². The van der Waals surface area contributed by atoms with Crippen molar-refractivity contribution >= 4 is 5.91 Å². The molecule has 33 heavy (non-hydrogen) atoms.